The summed E-state index contributed by atoms with van der Waals surface area (Å²) in [5.74, 6) is 0. The van der Waals surface area contributed by atoms with Crippen LogP contribution in [0.2, 0.25) is 5.02 Å². The second-order valence-electron chi connectivity index (χ2n) is 7.02. The van der Waals surface area contributed by atoms with E-state index in [0.717, 1.165) is 17.2 Å². The molecule has 0 N–H and O–H groups in total. The fraction of sp³-hybridized carbons (Fsp3) is 0.182. The highest BCUT2D eigenvalue weighted by molar-refractivity contribution is 6.30. The predicted octanol–water partition coefficient (Wildman–Crippen LogP) is 6.68. The van der Waals surface area contributed by atoms with Gasteiger partial charge in [-0.25, -0.2) is 9.67 Å². The molecule has 0 aliphatic carbocycles. The number of fused-ring (bicyclic) bond motifs is 1. The first-order valence-electron chi connectivity index (χ1n) is 8.96. The number of alkyl halides is 3. The highest BCUT2D eigenvalue weighted by Gasteiger charge is 2.35. The van der Waals surface area contributed by atoms with E-state index in [1.165, 1.54) is 4.68 Å². The van der Waals surface area contributed by atoms with E-state index in [0.29, 0.717) is 16.3 Å². The zero-order chi connectivity index (χ0) is 20.9. The molecule has 2 aromatic carbocycles. The summed E-state index contributed by atoms with van der Waals surface area (Å²) >= 11 is 5.92. The van der Waals surface area contributed by atoms with Crippen molar-refractivity contribution in [3.8, 4) is 16.9 Å². The van der Waals surface area contributed by atoms with Crippen LogP contribution in [-0.2, 0) is 6.18 Å². The van der Waals surface area contributed by atoms with Crippen molar-refractivity contribution < 1.29 is 13.2 Å². The number of benzene rings is 2. The molecule has 0 atom stereocenters. The third-order valence-electron chi connectivity index (χ3n) is 4.99. The van der Waals surface area contributed by atoms with Gasteiger partial charge < -0.3 is 0 Å². The van der Waals surface area contributed by atoms with Gasteiger partial charge in [-0.2, -0.15) is 18.3 Å². The summed E-state index contributed by atoms with van der Waals surface area (Å²) in [5, 5.41) is 4.90. The minimum Gasteiger partial charge on any atom is -0.228 e. The standard InChI is InChI=1S/C22H17ClF3N3/c1-12-4-9-17(10-13(12)2)29-21-20(14(3)28-29)18(22(24,25)26)11-19(27-21)15-5-7-16(23)8-6-15/h4-11H,1-3H3. The van der Waals surface area contributed by atoms with Crippen LogP contribution in [0.4, 0.5) is 13.2 Å². The predicted molar refractivity (Wildman–Crippen MR) is 109 cm³/mol. The van der Waals surface area contributed by atoms with E-state index in [2.05, 4.69) is 10.1 Å². The zero-order valence-corrected chi connectivity index (χ0v) is 16.7. The lowest BCUT2D eigenvalue weighted by Crippen LogP contribution is -2.08. The topological polar surface area (TPSA) is 30.7 Å². The van der Waals surface area contributed by atoms with E-state index in [1.54, 1.807) is 31.2 Å². The lowest BCUT2D eigenvalue weighted by molar-refractivity contribution is -0.136. The van der Waals surface area contributed by atoms with Crippen LogP contribution in [0.1, 0.15) is 22.4 Å². The van der Waals surface area contributed by atoms with E-state index < -0.39 is 11.7 Å². The van der Waals surface area contributed by atoms with Crippen molar-refractivity contribution in [3.63, 3.8) is 0 Å². The van der Waals surface area contributed by atoms with Gasteiger partial charge in [-0.3, -0.25) is 0 Å². The molecular formula is C22H17ClF3N3. The van der Waals surface area contributed by atoms with E-state index in [4.69, 9.17) is 11.6 Å². The summed E-state index contributed by atoms with van der Waals surface area (Å²) in [5.41, 5.74) is 3.24. The average Bonchev–Trinajstić information content (AvgIpc) is 3.00. The molecule has 2 heterocycles. The highest BCUT2D eigenvalue weighted by atomic mass is 35.5. The summed E-state index contributed by atoms with van der Waals surface area (Å²) in [6, 6.07) is 13.3. The van der Waals surface area contributed by atoms with E-state index in [9.17, 15) is 13.2 Å². The zero-order valence-electron chi connectivity index (χ0n) is 16.0. The van der Waals surface area contributed by atoms with Crippen LogP contribution in [0.3, 0.4) is 0 Å². The molecule has 0 bridgehead atoms. The molecule has 7 heteroatoms. The minimum absolute atomic E-state index is 0.00782. The Morgan fingerprint density at radius 3 is 2.21 bits per heavy atom. The van der Waals surface area contributed by atoms with Gasteiger partial charge in [0.1, 0.15) is 0 Å². The Kier molecular flexibility index (Phi) is 4.62. The second-order valence-corrected chi connectivity index (χ2v) is 7.46. The van der Waals surface area contributed by atoms with Gasteiger partial charge in [-0.1, -0.05) is 29.8 Å². The first-order chi connectivity index (χ1) is 13.6. The van der Waals surface area contributed by atoms with Gasteiger partial charge in [0.25, 0.3) is 0 Å². The van der Waals surface area contributed by atoms with Crippen molar-refractivity contribution in [3.05, 3.63) is 75.9 Å². The SMILES string of the molecule is Cc1ccc(-n2nc(C)c3c(C(F)(F)F)cc(-c4ccc(Cl)cc4)nc32)cc1C. The van der Waals surface area contributed by atoms with Gasteiger partial charge in [0, 0.05) is 10.6 Å². The van der Waals surface area contributed by atoms with Crippen LogP contribution in [-0.4, -0.2) is 14.8 Å². The summed E-state index contributed by atoms with van der Waals surface area (Å²) in [6.45, 7) is 5.49. The van der Waals surface area contributed by atoms with Crippen molar-refractivity contribution in [2.45, 2.75) is 26.9 Å². The van der Waals surface area contributed by atoms with Crippen LogP contribution in [0, 0.1) is 20.8 Å². The summed E-state index contributed by atoms with van der Waals surface area (Å²) < 4.78 is 43.2. The molecular weight excluding hydrogens is 399 g/mol. The molecule has 29 heavy (non-hydrogen) atoms. The number of hydrogen-bond acceptors (Lipinski definition) is 2. The molecule has 148 valence electrons. The van der Waals surface area contributed by atoms with Crippen LogP contribution in [0.15, 0.2) is 48.5 Å². The number of aryl methyl sites for hydroxylation is 3. The molecule has 4 rings (SSSR count). The van der Waals surface area contributed by atoms with E-state index >= 15 is 0 Å². The minimum atomic E-state index is -4.54. The third-order valence-corrected chi connectivity index (χ3v) is 5.25. The van der Waals surface area contributed by atoms with Gasteiger partial charge in [-0.05, 0) is 62.2 Å². The molecule has 0 radical (unpaired) electrons. The van der Waals surface area contributed by atoms with Crippen molar-refractivity contribution in [1.82, 2.24) is 14.8 Å². The summed E-state index contributed by atoms with van der Waals surface area (Å²) in [6.07, 6.45) is -4.54. The van der Waals surface area contributed by atoms with E-state index in [-0.39, 0.29) is 22.4 Å². The molecule has 0 saturated carbocycles. The van der Waals surface area contributed by atoms with Crippen LogP contribution in [0.5, 0.6) is 0 Å². The van der Waals surface area contributed by atoms with Crippen LogP contribution < -0.4 is 0 Å². The normalized spacial score (nSPS) is 12.0. The molecule has 0 aliphatic heterocycles. The highest BCUT2D eigenvalue weighted by Crippen LogP contribution is 2.38. The monoisotopic (exact) mass is 415 g/mol. The quantitative estimate of drug-likeness (QED) is 0.365. The Bertz CT molecular complexity index is 1230. The Balaban J connectivity index is 2.05. The Hall–Kier alpha value is -2.86. The molecule has 3 nitrogen and oxygen atoms in total. The largest absolute Gasteiger partial charge is 0.417 e. The van der Waals surface area contributed by atoms with Gasteiger partial charge in [0.05, 0.1) is 28.0 Å². The first-order valence-corrected chi connectivity index (χ1v) is 9.34. The number of rotatable bonds is 2. The third kappa shape index (κ3) is 3.49. The summed E-state index contributed by atoms with van der Waals surface area (Å²) in [4.78, 5) is 4.56. The molecule has 0 fully saturated rings. The Labute approximate surface area is 170 Å². The molecule has 0 spiro atoms. The van der Waals surface area contributed by atoms with Gasteiger partial charge in [-0.15, -0.1) is 0 Å². The number of hydrogen-bond donors (Lipinski definition) is 0. The van der Waals surface area contributed by atoms with Crippen molar-refractivity contribution in [2.75, 3.05) is 0 Å². The Morgan fingerprint density at radius 2 is 1.59 bits per heavy atom. The molecule has 0 unspecified atom stereocenters. The average molecular weight is 416 g/mol. The molecule has 4 aromatic rings. The maximum absolute atomic E-state index is 13.9. The fourth-order valence-corrected chi connectivity index (χ4v) is 3.44. The number of aromatic nitrogens is 3. The number of nitrogens with zero attached hydrogens (tertiary/aromatic N) is 3. The van der Waals surface area contributed by atoms with Gasteiger partial charge in [0.15, 0.2) is 5.65 Å². The maximum atomic E-state index is 13.9. The fourth-order valence-electron chi connectivity index (χ4n) is 3.32. The second kappa shape index (κ2) is 6.88. The number of halogens is 4. The molecule has 2 aromatic heterocycles. The van der Waals surface area contributed by atoms with Gasteiger partial charge >= 0.3 is 6.18 Å². The smallest absolute Gasteiger partial charge is 0.228 e. The molecule has 0 saturated heterocycles. The van der Waals surface area contributed by atoms with Crippen molar-refractivity contribution in [1.29, 1.82) is 0 Å². The molecule has 0 aliphatic rings. The van der Waals surface area contributed by atoms with Crippen LogP contribution >= 0.6 is 11.6 Å². The van der Waals surface area contributed by atoms with Crippen molar-refractivity contribution in [2.24, 2.45) is 0 Å². The van der Waals surface area contributed by atoms with E-state index in [1.807, 2.05) is 32.0 Å². The van der Waals surface area contributed by atoms with Crippen LogP contribution in [0.25, 0.3) is 28.0 Å². The lowest BCUT2D eigenvalue weighted by atomic mass is 10.1. The Morgan fingerprint density at radius 1 is 0.897 bits per heavy atom. The maximum Gasteiger partial charge on any atom is 0.417 e. The first kappa shape index (κ1) is 19.5. The molecule has 0 amide bonds. The van der Waals surface area contributed by atoms with Gasteiger partial charge in [0.2, 0.25) is 0 Å². The van der Waals surface area contributed by atoms with Crippen molar-refractivity contribution >= 4 is 22.6 Å². The number of pyridine rings is 1. The lowest BCUT2D eigenvalue weighted by Gasteiger charge is -2.12. The summed E-state index contributed by atoms with van der Waals surface area (Å²) in [7, 11) is 0.